The van der Waals surface area contributed by atoms with E-state index in [1.807, 2.05) is 6.92 Å². The SMILES string of the molecule is Cc1ccc(F)cc1NC(=O)[C@H]1CCCNC1. The lowest BCUT2D eigenvalue weighted by Crippen LogP contribution is -2.37. The van der Waals surface area contributed by atoms with Gasteiger partial charge in [0.05, 0.1) is 5.92 Å². The summed E-state index contributed by atoms with van der Waals surface area (Å²) in [6, 6.07) is 4.43. The lowest BCUT2D eigenvalue weighted by Gasteiger charge is -2.22. The highest BCUT2D eigenvalue weighted by molar-refractivity contribution is 5.93. The third-order valence-corrected chi connectivity index (χ3v) is 3.13. The molecule has 0 bridgehead atoms. The van der Waals surface area contributed by atoms with Crippen molar-refractivity contribution in [3.63, 3.8) is 0 Å². The molecule has 1 atom stereocenters. The van der Waals surface area contributed by atoms with Crippen LogP contribution >= 0.6 is 0 Å². The van der Waals surface area contributed by atoms with Gasteiger partial charge in [0.15, 0.2) is 0 Å². The quantitative estimate of drug-likeness (QED) is 0.825. The molecule has 1 aliphatic heterocycles. The summed E-state index contributed by atoms with van der Waals surface area (Å²) in [5, 5.41) is 5.99. The van der Waals surface area contributed by atoms with Crippen molar-refractivity contribution in [1.29, 1.82) is 0 Å². The number of rotatable bonds is 2. The zero-order valence-corrected chi connectivity index (χ0v) is 9.92. The Balaban J connectivity index is 2.04. The van der Waals surface area contributed by atoms with E-state index >= 15 is 0 Å². The van der Waals surface area contributed by atoms with Crippen molar-refractivity contribution in [2.75, 3.05) is 18.4 Å². The highest BCUT2D eigenvalue weighted by Gasteiger charge is 2.21. The normalized spacial score (nSPS) is 20.0. The van der Waals surface area contributed by atoms with E-state index in [1.54, 1.807) is 6.07 Å². The number of benzene rings is 1. The second-order valence-electron chi connectivity index (χ2n) is 4.49. The summed E-state index contributed by atoms with van der Waals surface area (Å²) in [5.41, 5.74) is 1.45. The van der Waals surface area contributed by atoms with Crippen LogP contribution in [0.1, 0.15) is 18.4 Å². The molecule has 1 saturated heterocycles. The molecule has 1 aliphatic rings. The van der Waals surface area contributed by atoms with Gasteiger partial charge in [0, 0.05) is 12.2 Å². The predicted octanol–water partition coefficient (Wildman–Crippen LogP) is 2.07. The molecule has 0 unspecified atom stereocenters. The topological polar surface area (TPSA) is 41.1 Å². The van der Waals surface area contributed by atoms with Gasteiger partial charge < -0.3 is 10.6 Å². The van der Waals surface area contributed by atoms with E-state index in [4.69, 9.17) is 0 Å². The van der Waals surface area contributed by atoms with E-state index < -0.39 is 0 Å². The van der Waals surface area contributed by atoms with Crippen molar-refractivity contribution in [2.24, 2.45) is 5.92 Å². The fourth-order valence-electron chi connectivity index (χ4n) is 2.04. The summed E-state index contributed by atoms with van der Waals surface area (Å²) in [5.74, 6) is -0.356. The first-order valence-electron chi connectivity index (χ1n) is 5.94. The van der Waals surface area contributed by atoms with Crippen LogP contribution < -0.4 is 10.6 Å². The van der Waals surface area contributed by atoms with Crippen molar-refractivity contribution >= 4 is 11.6 Å². The van der Waals surface area contributed by atoms with Crippen molar-refractivity contribution in [2.45, 2.75) is 19.8 Å². The Labute approximate surface area is 100 Å². The Morgan fingerprint density at radius 1 is 1.53 bits per heavy atom. The van der Waals surface area contributed by atoms with Crippen LogP contribution in [0.15, 0.2) is 18.2 Å². The highest BCUT2D eigenvalue weighted by Crippen LogP contribution is 2.18. The third-order valence-electron chi connectivity index (χ3n) is 3.13. The van der Waals surface area contributed by atoms with E-state index in [2.05, 4.69) is 10.6 Å². The minimum Gasteiger partial charge on any atom is -0.325 e. The van der Waals surface area contributed by atoms with Crippen LogP contribution in [-0.4, -0.2) is 19.0 Å². The molecule has 1 heterocycles. The number of nitrogens with one attached hydrogen (secondary N) is 2. The van der Waals surface area contributed by atoms with Crippen LogP contribution in [-0.2, 0) is 4.79 Å². The molecular weight excluding hydrogens is 219 g/mol. The molecule has 4 heteroatoms. The van der Waals surface area contributed by atoms with Crippen LogP contribution in [0.2, 0.25) is 0 Å². The summed E-state index contributed by atoms with van der Waals surface area (Å²) in [6.45, 7) is 3.54. The molecule has 2 rings (SSSR count). The van der Waals surface area contributed by atoms with Crippen LogP contribution in [0, 0.1) is 18.7 Å². The molecule has 17 heavy (non-hydrogen) atoms. The van der Waals surface area contributed by atoms with Crippen molar-refractivity contribution < 1.29 is 9.18 Å². The molecule has 0 spiro atoms. The van der Waals surface area contributed by atoms with Gasteiger partial charge in [-0.15, -0.1) is 0 Å². The van der Waals surface area contributed by atoms with Crippen LogP contribution in [0.4, 0.5) is 10.1 Å². The first-order valence-corrected chi connectivity index (χ1v) is 5.94. The number of hydrogen-bond acceptors (Lipinski definition) is 2. The van der Waals surface area contributed by atoms with Gasteiger partial charge >= 0.3 is 0 Å². The lowest BCUT2D eigenvalue weighted by molar-refractivity contribution is -0.120. The maximum Gasteiger partial charge on any atom is 0.228 e. The van der Waals surface area contributed by atoms with Gasteiger partial charge in [-0.2, -0.15) is 0 Å². The number of hydrogen-bond donors (Lipinski definition) is 2. The second kappa shape index (κ2) is 5.27. The maximum absolute atomic E-state index is 13.1. The standard InChI is InChI=1S/C13H17FN2O/c1-9-4-5-11(14)7-12(9)16-13(17)10-3-2-6-15-8-10/h4-5,7,10,15H,2-3,6,8H2,1H3,(H,16,17)/t10-/m0/s1. The van der Waals surface area contributed by atoms with Gasteiger partial charge in [-0.05, 0) is 44.0 Å². The van der Waals surface area contributed by atoms with Gasteiger partial charge in [0.2, 0.25) is 5.91 Å². The zero-order valence-electron chi connectivity index (χ0n) is 9.92. The molecular formula is C13H17FN2O. The number of aryl methyl sites for hydroxylation is 1. The Morgan fingerprint density at radius 3 is 3.06 bits per heavy atom. The van der Waals surface area contributed by atoms with Gasteiger partial charge in [0.1, 0.15) is 5.82 Å². The maximum atomic E-state index is 13.1. The Kier molecular flexibility index (Phi) is 3.74. The van der Waals surface area contributed by atoms with E-state index in [0.717, 1.165) is 24.9 Å². The molecule has 0 aliphatic carbocycles. The number of carbonyl (C=O) groups is 1. The number of halogens is 1. The number of amides is 1. The first-order chi connectivity index (χ1) is 8.16. The van der Waals surface area contributed by atoms with Gasteiger partial charge in [-0.1, -0.05) is 6.07 Å². The Morgan fingerprint density at radius 2 is 2.35 bits per heavy atom. The van der Waals surface area contributed by atoms with Gasteiger partial charge in [-0.25, -0.2) is 4.39 Å². The minimum atomic E-state index is -0.326. The molecule has 0 radical (unpaired) electrons. The van der Waals surface area contributed by atoms with Crippen LogP contribution in [0.3, 0.4) is 0 Å². The Hall–Kier alpha value is -1.42. The molecule has 1 amide bonds. The highest BCUT2D eigenvalue weighted by atomic mass is 19.1. The van der Waals surface area contributed by atoms with Gasteiger partial charge in [0.25, 0.3) is 0 Å². The molecule has 1 aromatic rings. The predicted molar refractivity (Wildman–Crippen MR) is 65.4 cm³/mol. The molecule has 2 N–H and O–H groups in total. The van der Waals surface area contributed by atoms with Crippen LogP contribution in [0.5, 0.6) is 0 Å². The summed E-state index contributed by atoms with van der Waals surface area (Å²) >= 11 is 0. The molecule has 1 aromatic carbocycles. The average Bonchev–Trinajstić information content (AvgIpc) is 2.35. The first kappa shape index (κ1) is 12.0. The summed E-state index contributed by atoms with van der Waals surface area (Å²) in [4.78, 5) is 12.0. The van der Waals surface area contributed by atoms with E-state index in [0.29, 0.717) is 12.2 Å². The van der Waals surface area contributed by atoms with Gasteiger partial charge in [-0.3, -0.25) is 4.79 Å². The largest absolute Gasteiger partial charge is 0.325 e. The van der Waals surface area contributed by atoms with Crippen LogP contribution in [0.25, 0.3) is 0 Å². The van der Waals surface area contributed by atoms with E-state index in [1.165, 1.54) is 12.1 Å². The average molecular weight is 236 g/mol. The third kappa shape index (κ3) is 3.03. The Bertz CT molecular complexity index is 414. The summed E-state index contributed by atoms with van der Waals surface area (Å²) in [7, 11) is 0. The molecule has 1 fully saturated rings. The fourth-order valence-corrected chi connectivity index (χ4v) is 2.04. The lowest BCUT2D eigenvalue weighted by atomic mass is 9.98. The number of anilines is 1. The minimum absolute atomic E-state index is 0.00795. The fraction of sp³-hybridized carbons (Fsp3) is 0.462. The van der Waals surface area contributed by atoms with Crippen molar-refractivity contribution in [1.82, 2.24) is 5.32 Å². The summed E-state index contributed by atoms with van der Waals surface area (Å²) in [6.07, 6.45) is 1.91. The number of carbonyl (C=O) groups excluding carboxylic acids is 1. The zero-order chi connectivity index (χ0) is 12.3. The molecule has 0 aromatic heterocycles. The smallest absolute Gasteiger partial charge is 0.228 e. The van der Waals surface area contributed by atoms with E-state index in [-0.39, 0.29) is 17.6 Å². The summed E-state index contributed by atoms with van der Waals surface area (Å²) < 4.78 is 13.1. The number of piperidine rings is 1. The monoisotopic (exact) mass is 236 g/mol. The molecule has 0 saturated carbocycles. The second-order valence-corrected chi connectivity index (χ2v) is 4.49. The van der Waals surface area contributed by atoms with Crippen molar-refractivity contribution in [3.05, 3.63) is 29.6 Å². The molecule has 3 nitrogen and oxygen atoms in total. The van der Waals surface area contributed by atoms with E-state index in [9.17, 15) is 9.18 Å². The van der Waals surface area contributed by atoms with Crippen molar-refractivity contribution in [3.8, 4) is 0 Å². The molecule has 92 valence electrons.